The number of rotatable bonds is 6. The van der Waals surface area contributed by atoms with Gasteiger partial charge in [-0.15, -0.1) is 0 Å². The molecule has 3 nitrogen and oxygen atoms in total. The molecule has 0 radical (unpaired) electrons. The Bertz CT molecular complexity index is 2450. The molecule has 1 aliphatic carbocycles. The molecule has 0 aromatic heterocycles. The van der Waals surface area contributed by atoms with Gasteiger partial charge in [0, 0.05) is 24.4 Å². The van der Waals surface area contributed by atoms with E-state index < -0.39 is 16.6 Å². The van der Waals surface area contributed by atoms with Gasteiger partial charge in [0.1, 0.15) is 11.2 Å². The molecule has 0 saturated heterocycles. The summed E-state index contributed by atoms with van der Waals surface area (Å²) >= 11 is 0. The van der Waals surface area contributed by atoms with Crippen LogP contribution in [0.3, 0.4) is 0 Å². The van der Waals surface area contributed by atoms with Gasteiger partial charge >= 0.3 is 0 Å². The zero-order valence-electron chi connectivity index (χ0n) is 29.2. The Morgan fingerprint density at radius 2 is 1.10 bits per heavy atom. The number of fused-ring (bicyclic) bond motifs is 6. The van der Waals surface area contributed by atoms with Crippen LogP contribution in [0.5, 0.6) is 0 Å². The molecule has 0 bridgehead atoms. The van der Waals surface area contributed by atoms with Crippen LogP contribution < -0.4 is 15.8 Å². The maximum absolute atomic E-state index is 13.5. The summed E-state index contributed by atoms with van der Waals surface area (Å²) in [4.78, 5) is 0. The molecule has 9 rings (SSSR count). The van der Waals surface area contributed by atoms with Crippen molar-refractivity contribution in [1.29, 1.82) is 0 Å². The van der Waals surface area contributed by atoms with E-state index in [0.717, 1.165) is 60.2 Å². The molecule has 3 N–H and O–H groups in total. The largest absolute Gasteiger partial charge is 0.380 e. The lowest BCUT2D eigenvalue weighted by molar-refractivity contribution is 0.00425. The van der Waals surface area contributed by atoms with Crippen molar-refractivity contribution in [3.05, 3.63) is 225 Å². The Morgan fingerprint density at radius 3 is 1.69 bits per heavy atom. The number of hydrogen-bond acceptors (Lipinski definition) is 3. The van der Waals surface area contributed by atoms with Gasteiger partial charge in [-0.05, 0) is 71.8 Å². The average molecular weight is 676 g/mol. The minimum absolute atomic E-state index is 0.363. The van der Waals surface area contributed by atoms with Crippen LogP contribution in [-0.4, -0.2) is 16.8 Å². The Labute approximate surface area is 304 Å². The van der Waals surface area contributed by atoms with Gasteiger partial charge in [-0.25, -0.2) is 0 Å². The standard InChI is InChI=1S/C49H41NO2/c1-47-33-50-32-42-43(48(51,36-20-6-2-7-21-36)37-22-8-3-9-23-37)30-34-18-14-16-28-40(34)45(42)46(47)41-29-17-15-19-35(41)31-44(47)49(52,38-24-10-4-11-25-38)39-26-12-5-13-27-39/h2-31,44,50-52H,32-33H2,1H3. The molecule has 2 atom stereocenters. The molecule has 2 unspecified atom stereocenters. The van der Waals surface area contributed by atoms with E-state index in [1.807, 2.05) is 97.1 Å². The monoisotopic (exact) mass is 675 g/mol. The van der Waals surface area contributed by atoms with E-state index in [1.165, 1.54) is 5.57 Å². The zero-order chi connectivity index (χ0) is 35.3. The van der Waals surface area contributed by atoms with Crippen LogP contribution in [0.1, 0.15) is 45.9 Å². The third-order valence-corrected chi connectivity index (χ3v) is 11.7. The molecule has 0 saturated carbocycles. The minimum atomic E-state index is -1.44. The second kappa shape index (κ2) is 12.6. The fraction of sp³-hybridized carbons (Fsp3) is 0.143. The van der Waals surface area contributed by atoms with Crippen LogP contribution in [0.25, 0.3) is 22.4 Å². The highest BCUT2D eigenvalue weighted by molar-refractivity contribution is 5.98. The number of nitrogens with one attached hydrogen (secondary N) is 1. The summed E-state index contributed by atoms with van der Waals surface area (Å²) in [6.07, 6.45) is 2.31. The van der Waals surface area contributed by atoms with Crippen molar-refractivity contribution in [2.45, 2.75) is 24.7 Å². The molecule has 3 heteroatoms. The summed E-state index contributed by atoms with van der Waals surface area (Å²) in [5.41, 5.74) is 4.17. The summed E-state index contributed by atoms with van der Waals surface area (Å²) in [6, 6.07) is 59.8. The Kier molecular flexibility index (Phi) is 7.82. The van der Waals surface area contributed by atoms with E-state index >= 15 is 0 Å². The molecular weight excluding hydrogens is 635 g/mol. The minimum Gasteiger partial charge on any atom is -0.380 e. The first-order chi connectivity index (χ1) is 25.4. The van der Waals surface area contributed by atoms with Gasteiger partial charge in [-0.1, -0.05) is 183 Å². The average Bonchev–Trinajstić information content (AvgIpc) is 3.38. The second-order valence-corrected chi connectivity index (χ2v) is 14.6. The van der Waals surface area contributed by atoms with Gasteiger partial charge in [0.2, 0.25) is 0 Å². The topological polar surface area (TPSA) is 52.5 Å². The number of benzene rings is 7. The molecule has 0 spiro atoms. The normalized spacial score (nSPS) is 18.4. The van der Waals surface area contributed by atoms with Gasteiger partial charge in [0.25, 0.3) is 0 Å². The molecule has 254 valence electrons. The highest BCUT2D eigenvalue weighted by Gasteiger charge is 2.53. The van der Waals surface area contributed by atoms with Crippen molar-refractivity contribution < 1.29 is 10.2 Å². The highest BCUT2D eigenvalue weighted by atomic mass is 16.3. The van der Waals surface area contributed by atoms with E-state index in [2.05, 4.69) is 97.2 Å². The summed E-state index contributed by atoms with van der Waals surface area (Å²) in [5.74, 6) is -0.363. The summed E-state index contributed by atoms with van der Waals surface area (Å²) in [7, 11) is 0. The van der Waals surface area contributed by atoms with E-state index in [9.17, 15) is 10.2 Å². The van der Waals surface area contributed by atoms with Gasteiger partial charge in [-0.3, -0.25) is 0 Å². The van der Waals surface area contributed by atoms with Gasteiger partial charge in [0.15, 0.2) is 0 Å². The van der Waals surface area contributed by atoms with Crippen LogP contribution in [0.4, 0.5) is 0 Å². The zero-order valence-corrected chi connectivity index (χ0v) is 29.2. The predicted octanol–water partition coefficient (Wildman–Crippen LogP) is 7.78. The quantitative estimate of drug-likeness (QED) is 0.158. The summed E-state index contributed by atoms with van der Waals surface area (Å²) < 4.78 is 0. The number of aliphatic hydroxyl groups is 2. The van der Waals surface area contributed by atoms with Crippen LogP contribution in [0.15, 0.2) is 176 Å². The summed E-state index contributed by atoms with van der Waals surface area (Å²) in [6.45, 7) is 3.47. The van der Waals surface area contributed by atoms with E-state index in [1.54, 1.807) is 0 Å². The Morgan fingerprint density at radius 1 is 0.596 bits per heavy atom. The fourth-order valence-corrected chi connectivity index (χ4v) is 9.27. The maximum Gasteiger partial charge on any atom is 0.140 e. The molecule has 1 heterocycles. The Hall–Kier alpha value is -5.58. The predicted molar refractivity (Wildman–Crippen MR) is 211 cm³/mol. The Balaban J connectivity index is 1.41. The molecule has 52 heavy (non-hydrogen) atoms. The molecule has 1 aliphatic heterocycles. The van der Waals surface area contributed by atoms with Crippen LogP contribution in [0.2, 0.25) is 0 Å². The van der Waals surface area contributed by atoms with Crippen LogP contribution in [0, 0.1) is 11.3 Å². The fourth-order valence-electron chi connectivity index (χ4n) is 9.27. The molecule has 0 fully saturated rings. The molecule has 0 amide bonds. The van der Waals surface area contributed by atoms with Crippen molar-refractivity contribution in [2.24, 2.45) is 11.3 Å². The highest BCUT2D eigenvalue weighted by Crippen LogP contribution is 2.55. The van der Waals surface area contributed by atoms with Gasteiger partial charge in [-0.2, -0.15) is 0 Å². The summed E-state index contributed by atoms with van der Waals surface area (Å²) in [5, 5.41) is 35.2. The van der Waals surface area contributed by atoms with Crippen molar-refractivity contribution in [2.75, 3.05) is 6.54 Å². The lowest BCUT2D eigenvalue weighted by Crippen LogP contribution is -2.54. The van der Waals surface area contributed by atoms with Crippen molar-refractivity contribution in [3.8, 4) is 0 Å². The third-order valence-electron chi connectivity index (χ3n) is 11.7. The number of hydrogen-bond donors (Lipinski definition) is 3. The third kappa shape index (κ3) is 4.85. The smallest absolute Gasteiger partial charge is 0.140 e. The van der Waals surface area contributed by atoms with E-state index in [-0.39, 0.29) is 5.92 Å². The van der Waals surface area contributed by atoms with Gasteiger partial charge in [0.05, 0.1) is 0 Å². The van der Waals surface area contributed by atoms with Crippen molar-refractivity contribution in [1.82, 2.24) is 5.32 Å². The molecular formula is C49H41NO2. The molecule has 7 aromatic carbocycles. The van der Waals surface area contributed by atoms with Crippen molar-refractivity contribution >= 4 is 22.4 Å². The lowest BCUT2D eigenvalue weighted by atomic mass is 9.57. The maximum atomic E-state index is 13.5. The lowest BCUT2D eigenvalue weighted by Gasteiger charge is -2.49. The first-order valence-electron chi connectivity index (χ1n) is 18.2. The van der Waals surface area contributed by atoms with E-state index in [4.69, 9.17) is 0 Å². The van der Waals surface area contributed by atoms with Crippen LogP contribution in [-0.2, 0) is 17.7 Å². The molecule has 2 aliphatic rings. The van der Waals surface area contributed by atoms with Gasteiger partial charge < -0.3 is 15.5 Å². The first-order valence-corrected chi connectivity index (χ1v) is 18.2. The van der Waals surface area contributed by atoms with Crippen LogP contribution >= 0.6 is 0 Å². The second-order valence-electron chi connectivity index (χ2n) is 14.6. The van der Waals surface area contributed by atoms with E-state index in [0.29, 0.717) is 13.1 Å². The van der Waals surface area contributed by atoms with Crippen molar-refractivity contribution in [3.63, 3.8) is 0 Å². The SMILES string of the molecule is CC12CNCc3c(C(O)(c4ccccc4)c4ccccc4)cc4ccccc4c3C1=c1ccccc1=CC2C(O)(c1ccccc1)c1ccccc1. The first kappa shape index (κ1) is 32.3. The molecule has 7 aromatic rings.